The lowest BCUT2D eigenvalue weighted by Gasteiger charge is -2.11. The number of amides is 2. The molecule has 39 heavy (non-hydrogen) atoms. The fourth-order valence-electron chi connectivity index (χ4n) is 3.62. The van der Waals surface area contributed by atoms with Crippen molar-refractivity contribution in [2.75, 3.05) is 26.5 Å². The third-order valence-electron chi connectivity index (χ3n) is 5.30. The first-order valence-corrected chi connectivity index (χ1v) is 12.8. The summed E-state index contributed by atoms with van der Waals surface area (Å²) in [6, 6.07) is 10.3. The highest BCUT2D eigenvalue weighted by molar-refractivity contribution is 7.07. The molecular formula is C25H25F3N4O6S. The van der Waals surface area contributed by atoms with Crippen molar-refractivity contribution in [2.24, 2.45) is 4.99 Å². The molecule has 1 aromatic heterocycles. The van der Waals surface area contributed by atoms with Crippen molar-refractivity contribution in [2.45, 2.75) is 26.3 Å². The van der Waals surface area contributed by atoms with Crippen LogP contribution in [0.1, 0.15) is 13.3 Å². The van der Waals surface area contributed by atoms with Gasteiger partial charge in [0.05, 0.1) is 18.0 Å². The minimum Gasteiger partial charge on any atom is -0.465 e. The van der Waals surface area contributed by atoms with E-state index in [-0.39, 0.29) is 25.7 Å². The Morgan fingerprint density at radius 2 is 1.87 bits per heavy atom. The van der Waals surface area contributed by atoms with Gasteiger partial charge in [-0.25, -0.2) is 9.79 Å². The van der Waals surface area contributed by atoms with Gasteiger partial charge in [-0.2, -0.15) is 0 Å². The van der Waals surface area contributed by atoms with E-state index in [1.54, 1.807) is 6.92 Å². The van der Waals surface area contributed by atoms with Gasteiger partial charge < -0.3 is 34.1 Å². The van der Waals surface area contributed by atoms with Gasteiger partial charge in [0.25, 0.3) is 0 Å². The van der Waals surface area contributed by atoms with Crippen molar-refractivity contribution in [3.8, 4) is 28.5 Å². The maximum atomic E-state index is 12.5. The van der Waals surface area contributed by atoms with Crippen molar-refractivity contribution >= 4 is 29.0 Å². The number of esters is 1. The second-order valence-corrected chi connectivity index (χ2v) is 8.88. The Kier molecular flexibility index (Phi) is 8.96. The number of ether oxygens (including phenoxy) is 4. The largest absolute Gasteiger partial charge is 0.573 e. The number of aromatic nitrogens is 1. The molecule has 0 bridgehead atoms. The fraction of sp³-hybridized carbons (Fsp3) is 0.320. The number of rotatable bonds is 10. The van der Waals surface area contributed by atoms with Crippen molar-refractivity contribution in [3.05, 3.63) is 52.6 Å². The van der Waals surface area contributed by atoms with Crippen LogP contribution in [0.25, 0.3) is 11.3 Å². The molecular weight excluding hydrogens is 541 g/mol. The molecule has 2 amide bonds. The predicted octanol–water partition coefficient (Wildman–Crippen LogP) is 4.33. The summed E-state index contributed by atoms with van der Waals surface area (Å²) >= 11 is 1.36. The van der Waals surface area contributed by atoms with Crippen LogP contribution in [0.3, 0.4) is 0 Å². The maximum absolute atomic E-state index is 12.5. The Morgan fingerprint density at radius 1 is 1.10 bits per heavy atom. The Hall–Kier alpha value is -4.20. The second-order valence-electron chi connectivity index (χ2n) is 8.04. The monoisotopic (exact) mass is 566 g/mol. The number of carbonyl (C=O) groups excluding carboxylic acids is 2. The highest BCUT2D eigenvalue weighted by Gasteiger charge is 2.31. The molecule has 0 radical (unpaired) electrons. The van der Waals surface area contributed by atoms with Crippen LogP contribution < -0.4 is 29.6 Å². The molecule has 0 saturated carbocycles. The Bertz CT molecular complexity index is 1370. The summed E-state index contributed by atoms with van der Waals surface area (Å²) in [5.74, 6) is 0.390. The van der Waals surface area contributed by atoms with Gasteiger partial charge in [-0.3, -0.25) is 4.79 Å². The third-order valence-corrected chi connectivity index (χ3v) is 6.17. The van der Waals surface area contributed by atoms with Crippen LogP contribution in [-0.2, 0) is 16.1 Å². The highest BCUT2D eigenvalue weighted by atomic mass is 32.1. The number of halogens is 3. The summed E-state index contributed by atoms with van der Waals surface area (Å²) in [4.78, 5) is 28.6. The number of urea groups is 1. The molecule has 10 nitrogen and oxygen atoms in total. The molecule has 0 unspecified atom stereocenters. The highest BCUT2D eigenvalue weighted by Crippen LogP contribution is 2.36. The Balaban J connectivity index is 1.50. The molecule has 208 valence electrons. The third kappa shape index (κ3) is 7.89. The van der Waals surface area contributed by atoms with E-state index in [1.165, 1.54) is 35.6 Å². The molecule has 0 saturated heterocycles. The van der Waals surface area contributed by atoms with E-state index in [4.69, 9.17) is 14.2 Å². The van der Waals surface area contributed by atoms with Crippen LogP contribution in [-0.4, -0.2) is 49.4 Å². The number of fused-ring (bicyclic) bond motifs is 1. The maximum Gasteiger partial charge on any atom is 0.573 e. The van der Waals surface area contributed by atoms with E-state index in [9.17, 15) is 22.8 Å². The van der Waals surface area contributed by atoms with Crippen molar-refractivity contribution in [1.82, 2.24) is 15.2 Å². The van der Waals surface area contributed by atoms with Crippen LogP contribution >= 0.6 is 11.3 Å². The van der Waals surface area contributed by atoms with Gasteiger partial charge in [0.1, 0.15) is 12.3 Å². The first kappa shape index (κ1) is 27.8. The topological polar surface area (TPSA) is 112 Å². The van der Waals surface area contributed by atoms with E-state index in [2.05, 4.69) is 20.4 Å². The molecule has 1 aliphatic heterocycles. The zero-order valence-electron chi connectivity index (χ0n) is 20.7. The summed E-state index contributed by atoms with van der Waals surface area (Å²) in [6.45, 7) is 2.57. The van der Waals surface area contributed by atoms with Crippen LogP contribution in [0.15, 0.2) is 52.8 Å². The molecule has 2 heterocycles. The number of alkyl halides is 3. The zero-order valence-corrected chi connectivity index (χ0v) is 21.6. The van der Waals surface area contributed by atoms with E-state index in [1.807, 2.05) is 28.1 Å². The predicted molar refractivity (Wildman–Crippen MR) is 135 cm³/mol. The molecule has 0 aliphatic carbocycles. The molecule has 3 aromatic rings. The Morgan fingerprint density at radius 3 is 2.62 bits per heavy atom. The lowest BCUT2D eigenvalue weighted by Crippen LogP contribution is -2.39. The first-order valence-electron chi connectivity index (χ1n) is 11.9. The van der Waals surface area contributed by atoms with Gasteiger partial charge in [0.2, 0.25) is 6.79 Å². The Labute approximate surface area is 225 Å². The number of hydrogen-bond donors (Lipinski definition) is 2. The molecule has 14 heteroatoms. The number of thiazole rings is 1. The van der Waals surface area contributed by atoms with Crippen molar-refractivity contribution < 1.29 is 41.7 Å². The summed E-state index contributed by atoms with van der Waals surface area (Å²) < 4.78 is 59.0. The molecule has 2 aromatic carbocycles. The minimum atomic E-state index is -4.78. The first-order chi connectivity index (χ1) is 18.7. The lowest BCUT2D eigenvalue weighted by molar-refractivity contribution is -0.274. The molecule has 1 aliphatic rings. The van der Waals surface area contributed by atoms with Crippen LogP contribution in [0.5, 0.6) is 17.2 Å². The van der Waals surface area contributed by atoms with Gasteiger partial charge in [-0.15, -0.1) is 24.5 Å². The van der Waals surface area contributed by atoms with E-state index < -0.39 is 18.4 Å². The summed E-state index contributed by atoms with van der Waals surface area (Å²) in [5.41, 5.74) is 2.13. The van der Waals surface area contributed by atoms with Gasteiger partial charge in [0.15, 0.2) is 16.3 Å². The number of nitrogens with one attached hydrogen (secondary N) is 2. The van der Waals surface area contributed by atoms with Gasteiger partial charge in [-0.1, -0.05) is 0 Å². The fourth-order valence-corrected chi connectivity index (χ4v) is 4.58. The molecule has 4 rings (SSSR count). The average molecular weight is 567 g/mol. The van der Waals surface area contributed by atoms with Gasteiger partial charge in [0, 0.05) is 24.0 Å². The smallest absolute Gasteiger partial charge is 0.465 e. The average Bonchev–Trinajstić information content (AvgIpc) is 3.52. The molecule has 0 spiro atoms. The standard InChI is InChI=1S/C25H25F3N4O6S/c1-2-35-22(33)13-30-23(34)29-10-3-11-32-19(16-4-9-20-21(12-16)37-15-36-20)14-39-24(32)31-17-5-7-18(8-6-17)38-25(26,27)28/h4-9,12,14H,2-3,10-11,13,15H2,1H3,(H2,29,30,34). The van der Waals surface area contributed by atoms with Crippen LogP contribution in [0, 0.1) is 0 Å². The van der Waals surface area contributed by atoms with Crippen molar-refractivity contribution in [1.29, 1.82) is 0 Å². The van der Waals surface area contributed by atoms with Gasteiger partial charge >= 0.3 is 18.4 Å². The van der Waals surface area contributed by atoms with Gasteiger partial charge in [-0.05, 0) is 55.8 Å². The number of hydrogen-bond acceptors (Lipinski definition) is 8. The summed E-state index contributed by atoms with van der Waals surface area (Å²) in [5, 5.41) is 7.03. The second kappa shape index (κ2) is 12.6. The number of carbonyl (C=O) groups is 2. The zero-order chi connectivity index (χ0) is 27.8. The summed E-state index contributed by atoms with van der Waals surface area (Å²) in [7, 11) is 0. The number of nitrogens with zero attached hydrogens (tertiary/aromatic N) is 2. The van der Waals surface area contributed by atoms with E-state index >= 15 is 0 Å². The van der Waals surface area contributed by atoms with Crippen LogP contribution in [0.2, 0.25) is 0 Å². The normalized spacial score (nSPS) is 12.8. The van der Waals surface area contributed by atoms with E-state index in [0.29, 0.717) is 41.5 Å². The van der Waals surface area contributed by atoms with Crippen molar-refractivity contribution in [3.63, 3.8) is 0 Å². The minimum absolute atomic E-state index is 0.140. The molecule has 0 fully saturated rings. The van der Waals surface area contributed by atoms with E-state index in [0.717, 1.165) is 11.3 Å². The number of benzene rings is 2. The quantitative estimate of drug-likeness (QED) is 0.279. The lowest BCUT2D eigenvalue weighted by atomic mass is 10.1. The van der Waals surface area contributed by atoms with Crippen LogP contribution in [0.4, 0.5) is 23.7 Å². The molecule has 0 atom stereocenters. The molecule has 2 N–H and O–H groups in total. The SMILES string of the molecule is CCOC(=O)CNC(=O)NCCCn1c(-c2ccc3c(c2)OCO3)csc1=Nc1ccc(OC(F)(F)F)cc1. The summed E-state index contributed by atoms with van der Waals surface area (Å²) in [6.07, 6.45) is -4.26.